The molecule has 1 aliphatic rings. The van der Waals surface area contributed by atoms with Gasteiger partial charge < -0.3 is 15.3 Å². The number of benzene rings is 1. The lowest BCUT2D eigenvalue weighted by Gasteiger charge is -2.30. The molecule has 0 aromatic heterocycles. The van der Waals surface area contributed by atoms with Gasteiger partial charge in [-0.1, -0.05) is 30.3 Å². The number of hydrogen-bond acceptors (Lipinski definition) is 3. The van der Waals surface area contributed by atoms with Crippen LogP contribution in [0.5, 0.6) is 0 Å². The Morgan fingerprint density at radius 1 is 1.35 bits per heavy atom. The molecule has 2 atom stereocenters. The first-order chi connectivity index (χ1) is 10.6. The van der Waals surface area contributed by atoms with Gasteiger partial charge in [-0.3, -0.25) is 9.59 Å². The average Bonchev–Trinajstić information content (AvgIpc) is 2.79. The van der Waals surface area contributed by atoms with Crippen LogP contribution in [-0.4, -0.2) is 47.6 Å². The third kappa shape index (κ3) is 3.47. The number of alkyl halides is 3. The maximum absolute atomic E-state index is 13.3. The quantitative estimate of drug-likeness (QED) is 0.871. The Balaban J connectivity index is 2.16. The predicted molar refractivity (Wildman–Crippen MR) is 75.2 cm³/mol. The SMILES string of the molecule is CN1CCC(NC(=O)CC(O)(c2ccccc2)C(F)(F)F)C1=O. The largest absolute Gasteiger partial charge is 0.421 e. The van der Waals surface area contributed by atoms with Gasteiger partial charge in [-0.2, -0.15) is 13.2 Å². The number of halogens is 3. The van der Waals surface area contributed by atoms with Crippen LogP contribution in [0.1, 0.15) is 18.4 Å². The molecular weight excluding hydrogens is 313 g/mol. The molecule has 0 spiro atoms. The first-order valence-electron chi connectivity index (χ1n) is 7.04. The van der Waals surface area contributed by atoms with Crippen LogP contribution in [0, 0.1) is 0 Å². The van der Waals surface area contributed by atoms with E-state index in [9.17, 15) is 27.9 Å². The van der Waals surface area contributed by atoms with Gasteiger partial charge in [0.15, 0.2) is 5.60 Å². The molecule has 0 bridgehead atoms. The molecule has 2 unspecified atom stereocenters. The van der Waals surface area contributed by atoms with Crippen LogP contribution < -0.4 is 5.32 Å². The van der Waals surface area contributed by atoms with Crippen LogP contribution >= 0.6 is 0 Å². The molecule has 2 amide bonds. The third-order valence-corrected chi connectivity index (χ3v) is 3.90. The summed E-state index contributed by atoms with van der Waals surface area (Å²) >= 11 is 0. The van der Waals surface area contributed by atoms with E-state index >= 15 is 0 Å². The standard InChI is InChI=1S/C15H17F3N2O3/c1-20-8-7-11(13(20)22)19-12(21)9-14(23,15(16,17)18)10-5-3-2-4-6-10/h2-6,11,23H,7-9H2,1H3,(H,19,21). The van der Waals surface area contributed by atoms with Gasteiger partial charge in [0.05, 0.1) is 6.42 Å². The van der Waals surface area contributed by atoms with Crippen LogP contribution in [0.25, 0.3) is 0 Å². The number of nitrogens with zero attached hydrogens (tertiary/aromatic N) is 1. The molecule has 1 aliphatic heterocycles. The third-order valence-electron chi connectivity index (χ3n) is 3.90. The van der Waals surface area contributed by atoms with Gasteiger partial charge in [0.1, 0.15) is 6.04 Å². The molecule has 1 aromatic rings. The van der Waals surface area contributed by atoms with Crippen LogP contribution in [0.2, 0.25) is 0 Å². The Bertz CT molecular complexity index is 591. The van der Waals surface area contributed by atoms with E-state index in [0.29, 0.717) is 13.0 Å². The average molecular weight is 330 g/mol. The zero-order valence-electron chi connectivity index (χ0n) is 12.4. The van der Waals surface area contributed by atoms with E-state index < -0.39 is 35.7 Å². The Hall–Kier alpha value is -2.09. The molecule has 1 saturated heterocycles. The molecule has 2 N–H and O–H groups in total. The molecule has 1 aromatic carbocycles. The fourth-order valence-corrected chi connectivity index (χ4v) is 2.51. The van der Waals surface area contributed by atoms with Crippen molar-refractivity contribution in [2.75, 3.05) is 13.6 Å². The van der Waals surface area contributed by atoms with E-state index in [1.807, 2.05) is 0 Å². The monoisotopic (exact) mass is 330 g/mol. The number of hydrogen-bond donors (Lipinski definition) is 2. The van der Waals surface area contributed by atoms with Gasteiger partial charge in [0, 0.05) is 13.6 Å². The Labute approximate surface area is 131 Å². The molecule has 126 valence electrons. The van der Waals surface area contributed by atoms with Crippen molar-refractivity contribution in [3.05, 3.63) is 35.9 Å². The predicted octanol–water partition coefficient (Wildman–Crippen LogP) is 1.17. The van der Waals surface area contributed by atoms with Crippen molar-refractivity contribution in [1.82, 2.24) is 10.2 Å². The molecular formula is C15H17F3N2O3. The summed E-state index contributed by atoms with van der Waals surface area (Å²) in [5.74, 6) is -1.38. The van der Waals surface area contributed by atoms with Gasteiger partial charge in [0.2, 0.25) is 11.8 Å². The number of amides is 2. The Kier molecular flexibility index (Phi) is 4.65. The van der Waals surface area contributed by atoms with Crippen molar-refractivity contribution in [2.24, 2.45) is 0 Å². The van der Waals surface area contributed by atoms with Crippen LogP contribution in [0.15, 0.2) is 30.3 Å². The summed E-state index contributed by atoms with van der Waals surface area (Å²) in [6, 6.07) is 5.57. The fraction of sp³-hybridized carbons (Fsp3) is 0.467. The second-order valence-electron chi connectivity index (χ2n) is 5.57. The first-order valence-corrected chi connectivity index (χ1v) is 7.04. The van der Waals surface area contributed by atoms with Gasteiger partial charge in [-0.25, -0.2) is 0 Å². The fourth-order valence-electron chi connectivity index (χ4n) is 2.51. The van der Waals surface area contributed by atoms with Crippen molar-refractivity contribution >= 4 is 11.8 Å². The summed E-state index contributed by atoms with van der Waals surface area (Å²) in [4.78, 5) is 25.0. The topological polar surface area (TPSA) is 69.6 Å². The number of likely N-dealkylation sites (tertiary alicyclic amines) is 1. The maximum atomic E-state index is 13.3. The second-order valence-corrected chi connectivity index (χ2v) is 5.57. The smallest absolute Gasteiger partial charge is 0.376 e. The van der Waals surface area contributed by atoms with E-state index in [1.54, 1.807) is 7.05 Å². The van der Waals surface area contributed by atoms with Crippen molar-refractivity contribution in [3.63, 3.8) is 0 Å². The number of aliphatic hydroxyl groups is 1. The van der Waals surface area contributed by atoms with Crippen molar-refractivity contribution in [1.29, 1.82) is 0 Å². The minimum atomic E-state index is -5.03. The summed E-state index contributed by atoms with van der Waals surface area (Å²) in [6.07, 6.45) is -5.90. The van der Waals surface area contributed by atoms with Gasteiger partial charge >= 0.3 is 6.18 Å². The van der Waals surface area contributed by atoms with E-state index in [2.05, 4.69) is 5.32 Å². The molecule has 23 heavy (non-hydrogen) atoms. The number of rotatable bonds is 4. The zero-order chi connectivity index (χ0) is 17.3. The molecule has 1 heterocycles. The number of nitrogens with one attached hydrogen (secondary N) is 1. The highest BCUT2D eigenvalue weighted by Crippen LogP contribution is 2.41. The van der Waals surface area contributed by atoms with Crippen LogP contribution in [0.4, 0.5) is 13.2 Å². The number of carbonyl (C=O) groups excluding carboxylic acids is 2. The molecule has 0 radical (unpaired) electrons. The highest BCUT2D eigenvalue weighted by atomic mass is 19.4. The Morgan fingerprint density at radius 2 is 1.96 bits per heavy atom. The Morgan fingerprint density at radius 3 is 2.43 bits per heavy atom. The van der Waals surface area contributed by atoms with Crippen molar-refractivity contribution < 1.29 is 27.9 Å². The van der Waals surface area contributed by atoms with Gasteiger partial charge in [-0.05, 0) is 12.0 Å². The molecule has 0 saturated carbocycles. The van der Waals surface area contributed by atoms with E-state index in [-0.39, 0.29) is 5.91 Å². The molecule has 2 rings (SSSR count). The van der Waals surface area contributed by atoms with Gasteiger partial charge in [-0.15, -0.1) is 0 Å². The summed E-state index contributed by atoms with van der Waals surface area (Å²) < 4.78 is 39.9. The van der Waals surface area contributed by atoms with E-state index in [1.165, 1.54) is 23.1 Å². The molecule has 0 aliphatic carbocycles. The normalized spacial score (nSPS) is 21.2. The second kappa shape index (κ2) is 6.19. The molecule has 5 nitrogen and oxygen atoms in total. The summed E-state index contributed by atoms with van der Waals surface area (Å²) in [6.45, 7) is 0.423. The zero-order valence-corrected chi connectivity index (χ0v) is 12.4. The number of likely N-dealkylation sites (N-methyl/N-ethyl adjacent to an activating group) is 1. The highest BCUT2D eigenvalue weighted by Gasteiger charge is 2.56. The first kappa shape index (κ1) is 17.3. The van der Waals surface area contributed by atoms with E-state index in [4.69, 9.17) is 0 Å². The maximum Gasteiger partial charge on any atom is 0.421 e. The summed E-state index contributed by atoms with van der Waals surface area (Å²) in [5, 5.41) is 12.4. The minimum absolute atomic E-state index is 0.330. The summed E-state index contributed by atoms with van der Waals surface area (Å²) in [5.41, 5.74) is -3.72. The lowest BCUT2D eigenvalue weighted by atomic mass is 9.89. The summed E-state index contributed by atoms with van der Waals surface area (Å²) in [7, 11) is 1.55. The lowest BCUT2D eigenvalue weighted by Crippen LogP contribution is -2.48. The molecule has 8 heteroatoms. The van der Waals surface area contributed by atoms with Gasteiger partial charge in [0.25, 0.3) is 0 Å². The van der Waals surface area contributed by atoms with Crippen molar-refractivity contribution in [3.8, 4) is 0 Å². The lowest BCUT2D eigenvalue weighted by molar-refractivity contribution is -0.267. The number of carbonyl (C=O) groups is 2. The van der Waals surface area contributed by atoms with Crippen LogP contribution in [0.3, 0.4) is 0 Å². The highest BCUT2D eigenvalue weighted by molar-refractivity contribution is 5.89. The molecule has 1 fully saturated rings. The minimum Gasteiger partial charge on any atom is -0.376 e. The van der Waals surface area contributed by atoms with Crippen LogP contribution in [-0.2, 0) is 15.2 Å². The van der Waals surface area contributed by atoms with Crippen molar-refractivity contribution in [2.45, 2.75) is 30.7 Å². The van der Waals surface area contributed by atoms with E-state index in [0.717, 1.165) is 12.1 Å².